The highest BCUT2D eigenvalue weighted by atomic mass is 32.2. The molecule has 10 heteroatoms. The number of carbonyl (C=O) groups excluding carboxylic acids is 1. The van der Waals surface area contributed by atoms with Crippen LogP contribution < -0.4 is 4.72 Å². The van der Waals surface area contributed by atoms with Gasteiger partial charge in [-0.15, -0.1) is 0 Å². The Morgan fingerprint density at radius 3 is 2.82 bits per heavy atom. The number of carbonyl (C=O) groups is 2. The van der Waals surface area contributed by atoms with Gasteiger partial charge < -0.3 is 19.2 Å². The van der Waals surface area contributed by atoms with E-state index in [0.717, 1.165) is 0 Å². The molecule has 2 heterocycles. The zero-order valence-corrected chi connectivity index (χ0v) is 12.6. The first kappa shape index (κ1) is 16.5. The topological polar surface area (TPSA) is 126 Å². The lowest BCUT2D eigenvalue weighted by atomic mass is 10.2. The molecule has 0 spiro atoms. The molecule has 1 aromatic heterocycles. The molecular weight excluding hydrogens is 316 g/mol. The van der Waals surface area contributed by atoms with Gasteiger partial charge in [0, 0.05) is 13.1 Å². The van der Waals surface area contributed by atoms with Crippen LogP contribution in [0.3, 0.4) is 0 Å². The van der Waals surface area contributed by atoms with E-state index < -0.39 is 28.0 Å². The molecule has 1 aliphatic rings. The second-order valence-electron chi connectivity index (χ2n) is 4.67. The Hall–Kier alpha value is -1.91. The fraction of sp³-hybridized carbons (Fsp3) is 0.500. The van der Waals surface area contributed by atoms with E-state index in [2.05, 4.69) is 4.72 Å². The van der Waals surface area contributed by atoms with E-state index >= 15 is 0 Å². The van der Waals surface area contributed by atoms with E-state index in [1.807, 2.05) is 0 Å². The van der Waals surface area contributed by atoms with E-state index in [1.54, 1.807) is 0 Å². The Kier molecular flexibility index (Phi) is 4.84. The van der Waals surface area contributed by atoms with Gasteiger partial charge >= 0.3 is 5.97 Å². The van der Waals surface area contributed by atoms with E-state index in [0.29, 0.717) is 0 Å². The minimum Gasteiger partial charge on any atom is -0.481 e. The number of sulfonamides is 1. The monoisotopic (exact) mass is 332 g/mol. The predicted octanol–water partition coefficient (Wildman–Crippen LogP) is -0.497. The summed E-state index contributed by atoms with van der Waals surface area (Å²) in [6.07, 6.45) is -0.799. The zero-order valence-electron chi connectivity index (χ0n) is 11.8. The van der Waals surface area contributed by atoms with Crippen molar-refractivity contribution in [1.82, 2.24) is 9.62 Å². The number of amides is 1. The predicted molar refractivity (Wildman–Crippen MR) is 72.8 cm³/mol. The maximum Gasteiger partial charge on any atom is 0.306 e. The molecule has 2 N–H and O–H groups in total. The summed E-state index contributed by atoms with van der Waals surface area (Å²) >= 11 is 0. The lowest BCUT2D eigenvalue weighted by Crippen LogP contribution is -2.46. The van der Waals surface area contributed by atoms with Crippen molar-refractivity contribution in [2.24, 2.45) is 0 Å². The Bertz CT molecular complexity index is 667. The van der Waals surface area contributed by atoms with Crippen molar-refractivity contribution in [3.05, 3.63) is 17.9 Å². The smallest absolute Gasteiger partial charge is 0.306 e. The van der Waals surface area contributed by atoms with E-state index in [-0.39, 0.29) is 37.0 Å². The Labute approximate surface area is 126 Å². The second kappa shape index (κ2) is 6.46. The van der Waals surface area contributed by atoms with Gasteiger partial charge in [0.15, 0.2) is 5.76 Å². The highest BCUT2D eigenvalue weighted by molar-refractivity contribution is 7.89. The molecule has 1 saturated heterocycles. The SMILES string of the molecule is CNS(=O)(=O)c1ccc(C(=O)N2CCOC(CC(=O)O)C2)o1. The Morgan fingerprint density at radius 2 is 2.18 bits per heavy atom. The molecule has 1 aromatic rings. The molecule has 1 fully saturated rings. The number of carboxylic acid groups (broad SMARTS) is 1. The number of morpholine rings is 1. The van der Waals surface area contributed by atoms with Crippen LogP contribution in [0.25, 0.3) is 0 Å². The van der Waals surface area contributed by atoms with Crippen LogP contribution in [0.15, 0.2) is 21.6 Å². The molecule has 22 heavy (non-hydrogen) atoms. The maximum absolute atomic E-state index is 12.3. The van der Waals surface area contributed by atoms with Gasteiger partial charge in [0.05, 0.1) is 19.1 Å². The first-order chi connectivity index (χ1) is 10.3. The van der Waals surface area contributed by atoms with Gasteiger partial charge in [-0.05, 0) is 19.2 Å². The summed E-state index contributed by atoms with van der Waals surface area (Å²) in [6, 6.07) is 2.46. The molecular formula is C12H16N2O7S. The number of nitrogens with one attached hydrogen (secondary N) is 1. The van der Waals surface area contributed by atoms with E-state index in [4.69, 9.17) is 14.3 Å². The first-order valence-corrected chi connectivity index (χ1v) is 7.98. The van der Waals surface area contributed by atoms with Crippen molar-refractivity contribution in [2.45, 2.75) is 17.6 Å². The molecule has 1 amide bonds. The second-order valence-corrected chi connectivity index (χ2v) is 6.49. The summed E-state index contributed by atoms with van der Waals surface area (Å²) in [4.78, 5) is 24.3. The molecule has 1 atom stereocenters. The number of nitrogens with zero attached hydrogens (tertiary/aromatic N) is 1. The summed E-state index contributed by atoms with van der Waals surface area (Å²) in [5, 5.41) is 8.40. The fourth-order valence-corrected chi connectivity index (χ4v) is 2.71. The molecule has 122 valence electrons. The summed E-state index contributed by atoms with van der Waals surface area (Å²) in [5.41, 5.74) is 0. The van der Waals surface area contributed by atoms with Crippen LogP contribution in [0, 0.1) is 0 Å². The largest absolute Gasteiger partial charge is 0.481 e. The number of hydrogen-bond donors (Lipinski definition) is 2. The number of rotatable bonds is 5. The van der Waals surface area contributed by atoms with Crippen molar-refractivity contribution in [1.29, 1.82) is 0 Å². The molecule has 0 bridgehead atoms. The van der Waals surface area contributed by atoms with Gasteiger partial charge in [-0.3, -0.25) is 9.59 Å². The molecule has 9 nitrogen and oxygen atoms in total. The lowest BCUT2D eigenvalue weighted by Gasteiger charge is -2.31. The van der Waals surface area contributed by atoms with Crippen LogP contribution in [0.4, 0.5) is 0 Å². The van der Waals surface area contributed by atoms with Gasteiger partial charge in [-0.2, -0.15) is 0 Å². The van der Waals surface area contributed by atoms with Crippen LogP contribution in [0.2, 0.25) is 0 Å². The van der Waals surface area contributed by atoms with Crippen molar-refractivity contribution < 1.29 is 32.3 Å². The normalized spacial score (nSPS) is 19.1. The van der Waals surface area contributed by atoms with Gasteiger partial charge in [-0.25, -0.2) is 13.1 Å². The lowest BCUT2D eigenvalue weighted by molar-refractivity contribution is -0.141. The van der Waals surface area contributed by atoms with E-state index in [1.165, 1.54) is 24.1 Å². The van der Waals surface area contributed by atoms with Crippen LogP contribution in [-0.2, 0) is 19.6 Å². The number of hydrogen-bond acceptors (Lipinski definition) is 6. The minimum absolute atomic E-state index is 0.111. The van der Waals surface area contributed by atoms with Gasteiger partial charge in [0.1, 0.15) is 0 Å². The molecule has 2 rings (SSSR count). The zero-order chi connectivity index (χ0) is 16.3. The summed E-state index contributed by atoms with van der Waals surface area (Å²) in [6.45, 7) is 0.607. The first-order valence-electron chi connectivity index (χ1n) is 6.49. The summed E-state index contributed by atoms with van der Waals surface area (Å²) in [7, 11) is -2.52. The number of carboxylic acids is 1. The van der Waals surface area contributed by atoms with Crippen molar-refractivity contribution in [3.63, 3.8) is 0 Å². The van der Waals surface area contributed by atoms with Crippen LogP contribution in [0.5, 0.6) is 0 Å². The fourth-order valence-electron chi connectivity index (χ4n) is 2.06. The molecule has 0 radical (unpaired) electrons. The third kappa shape index (κ3) is 3.64. The Morgan fingerprint density at radius 1 is 1.45 bits per heavy atom. The number of furan rings is 1. The van der Waals surface area contributed by atoms with Gasteiger partial charge in [0.25, 0.3) is 15.9 Å². The molecule has 0 aromatic carbocycles. The molecule has 1 aliphatic heterocycles. The Balaban J connectivity index is 2.10. The standard InChI is InChI=1S/C12H16N2O7S/c1-13-22(18,19)11-3-2-9(21-11)12(17)14-4-5-20-8(7-14)6-10(15)16/h2-3,8,13H,4-7H2,1H3,(H,15,16). The van der Waals surface area contributed by atoms with Crippen LogP contribution in [-0.4, -0.2) is 63.1 Å². The minimum atomic E-state index is -3.76. The van der Waals surface area contributed by atoms with E-state index in [9.17, 15) is 18.0 Å². The molecule has 0 saturated carbocycles. The van der Waals surface area contributed by atoms with Gasteiger partial charge in [-0.1, -0.05) is 0 Å². The van der Waals surface area contributed by atoms with Gasteiger partial charge in [0.2, 0.25) is 5.09 Å². The highest BCUT2D eigenvalue weighted by Gasteiger charge is 2.29. The number of ether oxygens (including phenoxy) is 1. The quantitative estimate of drug-likeness (QED) is 0.744. The third-order valence-corrected chi connectivity index (χ3v) is 4.44. The summed E-state index contributed by atoms with van der Waals surface area (Å²) in [5.74, 6) is -1.64. The van der Waals surface area contributed by atoms with Crippen molar-refractivity contribution in [3.8, 4) is 0 Å². The average Bonchev–Trinajstić information content (AvgIpc) is 2.96. The molecule has 0 aliphatic carbocycles. The van der Waals surface area contributed by atoms with Crippen molar-refractivity contribution >= 4 is 21.9 Å². The number of aliphatic carboxylic acids is 1. The summed E-state index contributed by atoms with van der Waals surface area (Å²) < 4.78 is 35.6. The highest BCUT2D eigenvalue weighted by Crippen LogP contribution is 2.17. The average molecular weight is 332 g/mol. The van der Waals surface area contributed by atoms with Crippen LogP contribution >= 0.6 is 0 Å². The van der Waals surface area contributed by atoms with Crippen molar-refractivity contribution in [2.75, 3.05) is 26.7 Å². The van der Waals surface area contributed by atoms with Crippen LogP contribution in [0.1, 0.15) is 17.0 Å². The molecule has 1 unspecified atom stereocenters. The third-order valence-electron chi connectivity index (χ3n) is 3.15. The maximum atomic E-state index is 12.3.